The van der Waals surface area contributed by atoms with Crippen LogP contribution in [0, 0.1) is 11.8 Å². The van der Waals surface area contributed by atoms with E-state index in [9.17, 15) is 77.0 Å². The number of thioether (sulfide) groups is 3. The molecule has 0 atom stereocenters. The van der Waals surface area contributed by atoms with Crippen LogP contribution in [0.15, 0.2) is 214 Å². The van der Waals surface area contributed by atoms with Gasteiger partial charge in [0.25, 0.3) is 62.6 Å². The van der Waals surface area contributed by atoms with E-state index >= 15 is 0 Å². The first-order chi connectivity index (χ1) is 63.7. The van der Waals surface area contributed by atoms with Gasteiger partial charge in [-0.3, -0.25) is 91.2 Å². The molecule has 676 valence electrons. The molecule has 2 aliphatic carbocycles. The van der Waals surface area contributed by atoms with Gasteiger partial charge in [-0.1, -0.05) is 249 Å². The normalized spacial score (nSPS) is 18.6. The third kappa shape index (κ3) is 20.3. The molecule has 18 rings (SSSR count). The first-order valence-corrected chi connectivity index (χ1v) is 47.2. The number of para-hydroxylation sites is 1. The van der Waals surface area contributed by atoms with Crippen LogP contribution in [0.1, 0.15) is 145 Å². The number of amides is 10. The van der Waals surface area contributed by atoms with Gasteiger partial charge in [0.05, 0.1) is 58.7 Å². The van der Waals surface area contributed by atoms with E-state index in [-0.39, 0.29) is 65.2 Å². The molecule has 9 aromatic rings. The van der Waals surface area contributed by atoms with Crippen LogP contribution >= 0.6 is 46.6 Å². The average molecular weight is 1850 g/mol. The number of hydrogen-bond acceptors (Lipinski definition) is 19. The van der Waals surface area contributed by atoms with Crippen LogP contribution < -0.4 is 34.8 Å². The minimum absolute atomic E-state index is 0.000203. The highest BCUT2D eigenvalue weighted by Gasteiger charge is 2.49. The lowest BCUT2D eigenvalue weighted by atomic mass is 9.89. The molecule has 0 bridgehead atoms. The maximum Gasteiger partial charge on any atom is 0.323 e. The van der Waals surface area contributed by atoms with Crippen LogP contribution in [0.3, 0.4) is 0 Å². The summed E-state index contributed by atoms with van der Waals surface area (Å²) in [6, 6.07) is 62.1. The highest BCUT2D eigenvalue weighted by atomic mass is 32.2. The van der Waals surface area contributed by atoms with Gasteiger partial charge in [0.1, 0.15) is 30.7 Å². The Labute approximate surface area is 776 Å². The van der Waals surface area contributed by atoms with Crippen LogP contribution in [0.5, 0.6) is 0 Å². The summed E-state index contributed by atoms with van der Waals surface area (Å²) in [5, 5.41) is 37.0. The zero-order valence-corrected chi connectivity index (χ0v) is 75.5. The van der Waals surface area contributed by atoms with Gasteiger partial charge in [0.2, 0.25) is 0 Å². The Balaban J connectivity index is 0.000000136. The topological polar surface area (TPSA) is 373 Å². The van der Waals surface area contributed by atoms with Crippen molar-refractivity contribution in [2.24, 2.45) is 11.8 Å². The van der Waals surface area contributed by atoms with E-state index in [1.165, 1.54) is 44.9 Å². The van der Waals surface area contributed by atoms with E-state index < -0.39 is 89.1 Å². The highest BCUT2D eigenvalue weighted by molar-refractivity contribution is 8.19. The van der Waals surface area contributed by atoms with E-state index in [4.69, 9.17) is 15.3 Å². The van der Waals surface area contributed by atoms with E-state index in [1.807, 2.05) is 152 Å². The van der Waals surface area contributed by atoms with Crippen molar-refractivity contribution < 1.29 is 87.5 Å². The molecule has 3 saturated heterocycles. The smallest absolute Gasteiger partial charge is 0.323 e. The number of rotatable bonds is 25. The van der Waals surface area contributed by atoms with Gasteiger partial charge in [-0.05, 0) is 166 Å². The zero-order chi connectivity index (χ0) is 93.1. The van der Waals surface area contributed by atoms with Gasteiger partial charge >= 0.3 is 23.9 Å². The van der Waals surface area contributed by atoms with Gasteiger partial charge in [-0.25, -0.2) is 0 Å². The summed E-state index contributed by atoms with van der Waals surface area (Å²) in [4.78, 5) is 194. The number of aromatic nitrogens is 1. The van der Waals surface area contributed by atoms with Crippen molar-refractivity contribution in [2.75, 3.05) is 59.3 Å². The Morgan fingerprint density at radius 2 is 0.705 bits per heavy atom. The maximum atomic E-state index is 13.9. The fourth-order valence-corrected chi connectivity index (χ4v) is 21.7. The Morgan fingerprint density at radius 3 is 1.14 bits per heavy atom. The summed E-state index contributed by atoms with van der Waals surface area (Å²) in [5.41, 5.74) is 13.4. The molecule has 27 nitrogen and oxygen atoms in total. The zero-order valence-electron chi connectivity index (χ0n) is 72.2. The summed E-state index contributed by atoms with van der Waals surface area (Å²) in [6.07, 6.45) is 20.5. The molecule has 5 N–H and O–H groups in total. The molecule has 10 amide bonds. The molecule has 8 heterocycles. The van der Waals surface area contributed by atoms with Crippen molar-refractivity contribution in [3.05, 3.63) is 251 Å². The molecule has 1 aromatic heterocycles. The second-order valence-electron chi connectivity index (χ2n) is 33.2. The molecular weight excluding hydrogens is 1760 g/mol. The standard InChI is InChI=1S/C32H28N2O5S.C26H24N2O5S.C23H28N2O5S.C20H14N2O4S/c35-27(36)19-34-31(38)29(40-32(34)39)28-25-17-24(23-13-11-22(12-14-23)21-9-5-2-6-10-21)15-16-26(25)33(30(28)37)18-20-7-3-1-4-8-20;29-21(30)15-28-25(32)23(34-26(28)33)22-19-13-18(17-9-5-2-6-10-17)11-12-20(19)27(24(22)31)14-16-7-3-1-4-8-16;1-2-3-4-5-6-7-8-11-14-24-17-13-10-9-12-16(17)19(21(24)28)20-22(29)25(15-18(26)27)23(30)31-20;1-11-22(10-16(23)24)20(26)18(27-11)17-14-9-13(12-5-3-2-4-6-12)7-8-15(14)21-19(17)25/h2,5-6,9-17,20H,1,3-4,7-8,18-19H2,(H,35,36);2,5-6,9-13,16H,1,3-4,7-8,14-15H2,(H,29,30);9-10,12-13H,2-8,11,14-15H2,1H3,(H,26,27);2-9H,1,10H2,(H,21,25)(H,23,24)/b29-28-;23-22-;20-19-;18-17-. The van der Waals surface area contributed by atoms with Crippen molar-refractivity contribution in [2.45, 2.75) is 129 Å². The molecule has 9 aliphatic rings. The van der Waals surface area contributed by atoms with Crippen LogP contribution in [-0.4, -0.2) is 160 Å². The molecule has 0 spiro atoms. The molecule has 7 aliphatic heterocycles. The molecular formula is C101H94N8O19S4. The summed E-state index contributed by atoms with van der Waals surface area (Å²) in [7, 11) is 0. The SMILES string of the molecule is C=c1s/c(=C2\C(=O)Nc3ccc(-c4ccccc4)cc32)c(=O)n1CC(=O)O.CCCCCCCCCCN1C(=O)/C(=C2\SC(=O)N(CC(=O)O)C2=O)c2ccccc21.O=C(O)CN1C(=O)S/C(=C2\C(=O)N(CC3CCCCC3)c3ccc(-c4ccc(-c5ccccc5)cc4)cc32)C1=O.O=C(O)CN1C(=O)S/C(=C2\C(=O)N(CC3CCCCC3)c3ccc(-c4ccccc4)cc32)C1=O. The van der Waals surface area contributed by atoms with E-state index in [2.05, 4.69) is 43.1 Å². The lowest BCUT2D eigenvalue weighted by molar-refractivity contribution is -0.141. The average Bonchev–Trinajstić information content (AvgIpc) is 1.66. The number of carbonyl (C=O) groups is 14. The number of anilines is 4. The predicted molar refractivity (Wildman–Crippen MR) is 510 cm³/mol. The molecule has 132 heavy (non-hydrogen) atoms. The fraction of sp³-hybridized carbons (Fsp3) is 0.277. The summed E-state index contributed by atoms with van der Waals surface area (Å²) in [5.74, 6) is -7.68. The number of imide groups is 3. The molecule has 0 unspecified atom stereocenters. The fourth-order valence-electron chi connectivity index (χ4n) is 17.9. The Kier molecular flexibility index (Phi) is 29.4. The van der Waals surface area contributed by atoms with Gasteiger partial charge in [-0.15, -0.1) is 11.3 Å². The number of carboxylic acids is 4. The Bertz CT molecular complexity index is 6450. The van der Waals surface area contributed by atoms with Crippen LogP contribution in [0.4, 0.5) is 37.1 Å². The van der Waals surface area contributed by atoms with Crippen LogP contribution in [0.25, 0.3) is 73.4 Å². The van der Waals surface area contributed by atoms with Crippen molar-refractivity contribution >= 4 is 179 Å². The van der Waals surface area contributed by atoms with Crippen molar-refractivity contribution in [1.29, 1.82) is 0 Å². The third-order valence-electron chi connectivity index (χ3n) is 24.4. The van der Waals surface area contributed by atoms with Crippen molar-refractivity contribution in [1.82, 2.24) is 19.3 Å². The van der Waals surface area contributed by atoms with Gasteiger partial charge in [0.15, 0.2) is 0 Å². The quantitative estimate of drug-likeness (QED) is 0.0262. The number of thiazole rings is 1. The number of fused-ring (bicyclic) bond motifs is 4. The molecule has 2 saturated carbocycles. The lowest BCUT2D eigenvalue weighted by Crippen LogP contribution is -2.35. The Hall–Kier alpha value is -13.6. The number of nitrogens with one attached hydrogen (secondary N) is 1. The molecule has 31 heteroatoms. The van der Waals surface area contributed by atoms with E-state index in [1.54, 1.807) is 32.9 Å². The first-order valence-electron chi connectivity index (χ1n) is 44.0. The number of carbonyl (C=O) groups excluding carboxylic acids is 10. The molecule has 5 fully saturated rings. The second kappa shape index (κ2) is 41.6. The number of benzene rings is 8. The van der Waals surface area contributed by atoms with Gasteiger partial charge < -0.3 is 40.4 Å². The van der Waals surface area contributed by atoms with Crippen LogP contribution in [0.2, 0.25) is 0 Å². The lowest BCUT2D eigenvalue weighted by Gasteiger charge is -2.27. The van der Waals surface area contributed by atoms with E-state index in [0.717, 1.165) is 148 Å². The number of unbranched alkanes of at least 4 members (excludes halogenated alkanes) is 7. The predicted octanol–water partition coefficient (Wildman–Crippen LogP) is 17.1. The largest absolute Gasteiger partial charge is 0.480 e. The summed E-state index contributed by atoms with van der Waals surface area (Å²) >= 11 is 2.95. The molecule has 0 radical (unpaired) electrons. The van der Waals surface area contributed by atoms with Crippen molar-refractivity contribution in [3.63, 3.8) is 0 Å². The minimum Gasteiger partial charge on any atom is -0.480 e. The first kappa shape index (κ1) is 93.1. The monoisotopic (exact) mass is 1850 g/mol. The number of hydrogen-bond donors (Lipinski definition) is 5. The van der Waals surface area contributed by atoms with E-state index in [0.29, 0.717) is 114 Å². The maximum absolute atomic E-state index is 13.9. The van der Waals surface area contributed by atoms with Crippen molar-refractivity contribution in [3.8, 4) is 44.5 Å². The van der Waals surface area contributed by atoms with Gasteiger partial charge in [0, 0.05) is 47.6 Å². The summed E-state index contributed by atoms with van der Waals surface area (Å²) < 4.78 is 1.56. The van der Waals surface area contributed by atoms with Gasteiger partial charge in [-0.2, -0.15) is 0 Å². The highest BCUT2D eigenvalue weighted by Crippen LogP contribution is 2.51. The third-order valence-corrected chi connectivity index (χ3v) is 28.4. The number of carboxylic acid groups (broad SMARTS) is 4. The molecule has 8 aromatic carbocycles. The number of nitrogens with zero attached hydrogens (tertiary/aromatic N) is 7. The second-order valence-corrected chi connectivity index (χ2v) is 37.2. The minimum atomic E-state index is -1.29. The van der Waals surface area contributed by atoms with Crippen LogP contribution in [-0.2, 0) is 59.3 Å². The Morgan fingerprint density at radius 1 is 0.356 bits per heavy atom. The number of aliphatic carboxylic acids is 4. The summed E-state index contributed by atoms with van der Waals surface area (Å²) in [6.45, 7) is 4.96.